The van der Waals surface area contributed by atoms with E-state index in [1.54, 1.807) is 6.26 Å². The standard InChI is InChI=1S/C22H23ClN4O2/c1-15-5-7-16(8-6-15)22(19-13-28-14-29-19,27-11-9-24-10-12-27)21-17-3-2-4-18(23)20(17)25-26-21/h2-8,13,24H,9-12,14H2,1H3,(H,25,26). The summed E-state index contributed by atoms with van der Waals surface area (Å²) in [4.78, 5) is 2.42. The third kappa shape index (κ3) is 2.90. The minimum atomic E-state index is -0.713. The Hall–Kier alpha value is -2.54. The highest BCUT2D eigenvalue weighted by Gasteiger charge is 2.50. The second kappa shape index (κ2) is 7.37. The van der Waals surface area contributed by atoms with Gasteiger partial charge in [-0.3, -0.25) is 10.00 Å². The lowest BCUT2D eigenvalue weighted by molar-refractivity contribution is 0.0319. The summed E-state index contributed by atoms with van der Waals surface area (Å²) in [6.07, 6.45) is 1.73. The molecule has 29 heavy (non-hydrogen) atoms. The molecule has 0 aliphatic carbocycles. The number of hydrogen-bond acceptors (Lipinski definition) is 5. The van der Waals surface area contributed by atoms with Crippen LogP contribution in [-0.4, -0.2) is 48.1 Å². The van der Waals surface area contributed by atoms with Crippen molar-refractivity contribution in [2.75, 3.05) is 33.0 Å². The second-order valence-electron chi connectivity index (χ2n) is 7.46. The number of piperazine rings is 1. The Morgan fingerprint density at radius 2 is 1.90 bits per heavy atom. The van der Waals surface area contributed by atoms with Crippen LogP contribution in [-0.2, 0) is 15.0 Å². The summed E-state index contributed by atoms with van der Waals surface area (Å²) in [7, 11) is 0. The van der Waals surface area contributed by atoms with Crippen LogP contribution in [0.3, 0.4) is 0 Å². The molecule has 1 saturated heterocycles. The van der Waals surface area contributed by atoms with Gasteiger partial charge in [0.2, 0.25) is 6.79 Å². The van der Waals surface area contributed by atoms with Gasteiger partial charge in [-0.2, -0.15) is 5.10 Å². The Morgan fingerprint density at radius 3 is 2.62 bits per heavy atom. The molecule has 1 unspecified atom stereocenters. The fraction of sp³-hybridized carbons (Fsp3) is 0.318. The van der Waals surface area contributed by atoms with Crippen molar-refractivity contribution in [3.8, 4) is 0 Å². The number of nitrogens with zero attached hydrogens (tertiary/aromatic N) is 2. The van der Waals surface area contributed by atoms with Crippen LogP contribution >= 0.6 is 11.6 Å². The molecule has 2 aliphatic rings. The molecule has 0 amide bonds. The number of aryl methyl sites for hydroxylation is 1. The maximum atomic E-state index is 6.47. The zero-order valence-electron chi connectivity index (χ0n) is 16.2. The molecule has 0 radical (unpaired) electrons. The molecule has 2 aliphatic heterocycles. The van der Waals surface area contributed by atoms with Crippen LogP contribution in [0.25, 0.3) is 10.9 Å². The predicted octanol–water partition coefficient (Wildman–Crippen LogP) is 3.52. The Labute approximate surface area is 174 Å². The first-order valence-electron chi connectivity index (χ1n) is 9.82. The third-order valence-electron chi connectivity index (χ3n) is 5.78. The van der Waals surface area contributed by atoms with E-state index in [9.17, 15) is 0 Å². The number of ether oxygens (including phenoxy) is 2. The summed E-state index contributed by atoms with van der Waals surface area (Å²) in [5, 5.41) is 13.0. The number of aromatic nitrogens is 2. The minimum Gasteiger partial charge on any atom is -0.462 e. The number of H-pyrrole nitrogens is 1. The molecule has 3 aromatic rings. The molecule has 0 spiro atoms. The van der Waals surface area contributed by atoms with Crippen molar-refractivity contribution in [3.63, 3.8) is 0 Å². The molecule has 1 fully saturated rings. The van der Waals surface area contributed by atoms with Gasteiger partial charge < -0.3 is 14.8 Å². The lowest BCUT2D eigenvalue weighted by Gasteiger charge is -2.45. The fourth-order valence-corrected chi connectivity index (χ4v) is 4.61. The molecular formula is C22H23ClN4O2. The maximum absolute atomic E-state index is 6.47. The fourth-order valence-electron chi connectivity index (χ4n) is 4.39. The number of hydrogen-bond donors (Lipinski definition) is 2. The van der Waals surface area contributed by atoms with Crippen LogP contribution in [0.15, 0.2) is 54.5 Å². The Morgan fingerprint density at radius 1 is 1.10 bits per heavy atom. The van der Waals surface area contributed by atoms with Gasteiger partial charge in [-0.05, 0) is 18.6 Å². The quantitative estimate of drug-likeness (QED) is 0.689. The van der Waals surface area contributed by atoms with Crippen molar-refractivity contribution in [1.82, 2.24) is 20.4 Å². The molecule has 1 aromatic heterocycles. The zero-order valence-corrected chi connectivity index (χ0v) is 17.0. The molecular weight excluding hydrogens is 388 g/mol. The predicted molar refractivity (Wildman–Crippen MR) is 113 cm³/mol. The molecule has 2 aromatic carbocycles. The van der Waals surface area contributed by atoms with Gasteiger partial charge in [0.05, 0.1) is 10.5 Å². The van der Waals surface area contributed by atoms with E-state index in [1.807, 2.05) is 12.1 Å². The number of fused-ring (bicyclic) bond motifs is 1. The largest absolute Gasteiger partial charge is 0.462 e. The summed E-state index contributed by atoms with van der Waals surface area (Å²) in [6.45, 7) is 5.79. The van der Waals surface area contributed by atoms with Crippen molar-refractivity contribution in [1.29, 1.82) is 0 Å². The lowest BCUT2D eigenvalue weighted by Crippen LogP contribution is -2.56. The van der Waals surface area contributed by atoms with Gasteiger partial charge in [0.15, 0.2) is 11.3 Å². The number of aromatic amines is 1. The van der Waals surface area contributed by atoms with Gasteiger partial charge in [0, 0.05) is 31.6 Å². The van der Waals surface area contributed by atoms with Gasteiger partial charge in [-0.25, -0.2) is 0 Å². The summed E-state index contributed by atoms with van der Waals surface area (Å²) in [6, 6.07) is 14.5. The molecule has 7 heteroatoms. The van der Waals surface area contributed by atoms with E-state index >= 15 is 0 Å². The smallest absolute Gasteiger partial charge is 0.230 e. The molecule has 150 valence electrons. The summed E-state index contributed by atoms with van der Waals surface area (Å²) in [5.41, 5.74) is 3.29. The number of benzene rings is 2. The van der Waals surface area contributed by atoms with Gasteiger partial charge in [-0.1, -0.05) is 53.6 Å². The van der Waals surface area contributed by atoms with E-state index in [0.717, 1.165) is 54.1 Å². The molecule has 2 N–H and O–H groups in total. The third-order valence-corrected chi connectivity index (χ3v) is 6.10. The molecule has 0 saturated carbocycles. The van der Waals surface area contributed by atoms with E-state index in [4.69, 9.17) is 26.2 Å². The topological polar surface area (TPSA) is 62.4 Å². The first-order valence-corrected chi connectivity index (χ1v) is 10.2. The van der Waals surface area contributed by atoms with Crippen LogP contribution in [0.5, 0.6) is 0 Å². The number of halogens is 1. The highest BCUT2D eigenvalue weighted by molar-refractivity contribution is 6.35. The van der Waals surface area contributed by atoms with Crippen molar-refractivity contribution < 1.29 is 9.47 Å². The summed E-state index contributed by atoms with van der Waals surface area (Å²) < 4.78 is 11.6. The minimum absolute atomic E-state index is 0.206. The van der Waals surface area contributed by atoms with E-state index < -0.39 is 5.54 Å². The molecule has 5 rings (SSSR count). The Balaban J connectivity index is 1.83. The molecule has 0 bridgehead atoms. The van der Waals surface area contributed by atoms with Crippen LogP contribution in [0.4, 0.5) is 0 Å². The summed E-state index contributed by atoms with van der Waals surface area (Å²) >= 11 is 6.47. The second-order valence-corrected chi connectivity index (χ2v) is 7.87. The van der Waals surface area contributed by atoms with E-state index in [-0.39, 0.29) is 6.79 Å². The van der Waals surface area contributed by atoms with Crippen molar-refractivity contribution >= 4 is 22.5 Å². The highest BCUT2D eigenvalue weighted by atomic mass is 35.5. The van der Waals surface area contributed by atoms with Crippen LogP contribution in [0, 0.1) is 6.92 Å². The van der Waals surface area contributed by atoms with Gasteiger partial charge in [0.25, 0.3) is 0 Å². The van der Waals surface area contributed by atoms with Gasteiger partial charge in [0.1, 0.15) is 12.0 Å². The van der Waals surface area contributed by atoms with Crippen LogP contribution in [0.1, 0.15) is 16.8 Å². The molecule has 3 heterocycles. The first-order chi connectivity index (χ1) is 14.2. The van der Waals surface area contributed by atoms with E-state index in [0.29, 0.717) is 5.02 Å². The van der Waals surface area contributed by atoms with Crippen LogP contribution < -0.4 is 5.32 Å². The molecule has 1 atom stereocenters. The number of para-hydroxylation sites is 1. The first kappa shape index (κ1) is 18.5. The van der Waals surface area contributed by atoms with Crippen molar-refractivity contribution in [2.45, 2.75) is 12.5 Å². The van der Waals surface area contributed by atoms with Crippen molar-refractivity contribution in [3.05, 3.63) is 76.3 Å². The SMILES string of the molecule is Cc1ccc(C(C2=COCO2)(c2n[nH]c3c(Cl)cccc23)N2CCNCC2)cc1. The van der Waals surface area contributed by atoms with E-state index in [1.165, 1.54) is 5.56 Å². The average Bonchev–Trinajstić information content (AvgIpc) is 3.43. The Bertz CT molecular complexity index is 1060. The maximum Gasteiger partial charge on any atom is 0.230 e. The number of nitrogens with one attached hydrogen (secondary N) is 2. The van der Waals surface area contributed by atoms with Gasteiger partial charge >= 0.3 is 0 Å². The lowest BCUT2D eigenvalue weighted by atomic mass is 9.80. The van der Waals surface area contributed by atoms with Gasteiger partial charge in [-0.15, -0.1) is 0 Å². The summed E-state index contributed by atoms with van der Waals surface area (Å²) in [5.74, 6) is 0.747. The van der Waals surface area contributed by atoms with Crippen molar-refractivity contribution in [2.24, 2.45) is 0 Å². The zero-order chi connectivity index (χ0) is 19.8. The number of rotatable bonds is 4. The van der Waals surface area contributed by atoms with E-state index in [2.05, 4.69) is 52.6 Å². The monoisotopic (exact) mass is 410 g/mol. The highest BCUT2D eigenvalue weighted by Crippen LogP contribution is 2.46. The van der Waals surface area contributed by atoms with Crippen LogP contribution in [0.2, 0.25) is 5.02 Å². The Kier molecular flexibility index (Phi) is 4.70. The average molecular weight is 411 g/mol. The molecule has 6 nitrogen and oxygen atoms in total. The normalized spacial score (nSPS) is 19.4.